The minimum absolute atomic E-state index is 0.0415. The number of carbonyl (C=O) groups is 1. The van der Waals surface area contributed by atoms with E-state index in [1.54, 1.807) is 0 Å². The van der Waals surface area contributed by atoms with Crippen molar-refractivity contribution in [1.82, 2.24) is 4.90 Å². The molecule has 152 valence electrons. The zero-order chi connectivity index (χ0) is 20.6. The average Bonchev–Trinajstić information content (AvgIpc) is 2.99. The number of amides is 2. The molecule has 2 aliphatic heterocycles. The summed E-state index contributed by atoms with van der Waals surface area (Å²) in [7, 11) is 0. The molecule has 2 aromatic carbocycles. The highest BCUT2D eigenvalue weighted by Gasteiger charge is 2.46. The van der Waals surface area contributed by atoms with E-state index in [0.717, 1.165) is 50.4 Å². The fourth-order valence-electron chi connectivity index (χ4n) is 4.74. The van der Waals surface area contributed by atoms with E-state index in [9.17, 15) is 4.79 Å². The Bertz CT molecular complexity index is 924. The molecular weight excluding hydrogens is 358 g/mol. The first-order valence-electron chi connectivity index (χ1n) is 10.5. The molecule has 0 bridgehead atoms. The minimum Gasteiger partial charge on any atom is -0.308 e. The Morgan fingerprint density at radius 2 is 1.72 bits per heavy atom. The second-order valence-electron chi connectivity index (χ2n) is 8.92. The van der Waals surface area contributed by atoms with Gasteiger partial charge in [0, 0.05) is 29.9 Å². The minimum atomic E-state index is -0.0415. The Kier molecular flexibility index (Phi) is 5.22. The summed E-state index contributed by atoms with van der Waals surface area (Å²) in [5.74, 6) is 0. The number of nitrogens with one attached hydrogen (secondary N) is 1. The summed E-state index contributed by atoms with van der Waals surface area (Å²) in [6.45, 7) is 14.2. The van der Waals surface area contributed by atoms with Crippen LogP contribution in [-0.4, -0.2) is 37.1 Å². The highest BCUT2D eigenvalue weighted by atomic mass is 16.2. The van der Waals surface area contributed by atoms with Gasteiger partial charge in [-0.05, 0) is 70.5 Å². The van der Waals surface area contributed by atoms with Crippen molar-refractivity contribution in [3.63, 3.8) is 0 Å². The number of benzene rings is 2. The lowest BCUT2D eigenvalue weighted by Crippen LogP contribution is -2.47. The summed E-state index contributed by atoms with van der Waals surface area (Å²) in [5, 5.41) is 3.09. The maximum atomic E-state index is 13.2. The number of rotatable bonds is 3. The molecule has 1 N–H and O–H groups in total. The number of fused-ring (bicyclic) bond motifs is 2. The van der Waals surface area contributed by atoms with Crippen LogP contribution in [-0.2, 0) is 5.41 Å². The fourth-order valence-corrected chi connectivity index (χ4v) is 4.74. The lowest BCUT2D eigenvalue weighted by molar-refractivity contribution is 0.177. The van der Waals surface area contributed by atoms with Gasteiger partial charge in [0.25, 0.3) is 0 Å². The van der Waals surface area contributed by atoms with Crippen LogP contribution in [0.2, 0.25) is 0 Å². The topological polar surface area (TPSA) is 35.6 Å². The van der Waals surface area contributed by atoms with Crippen LogP contribution >= 0.6 is 0 Å². The molecule has 29 heavy (non-hydrogen) atoms. The van der Waals surface area contributed by atoms with Gasteiger partial charge in [-0.2, -0.15) is 0 Å². The second kappa shape index (κ2) is 7.68. The van der Waals surface area contributed by atoms with Gasteiger partial charge < -0.3 is 5.32 Å². The number of anilines is 2. The van der Waals surface area contributed by atoms with E-state index in [1.807, 2.05) is 29.2 Å². The van der Waals surface area contributed by atoms with Gasteiger partial charge in [-0.1, -0.05) is 47.5 Å². The lowest BCUT2D eigenvalue weighted by Gasteiger charge is -2.40. The Hall–Kier alpha value is -2.59. The molecule has 4 heteroatoms. The molecule has 0 radical (unpaired) electrons. The van der Waals surface area contributed by atoms with Crippen LogP contribution in [0, 0.1) is 13.8 Å². The quantitative estimate of drug-likeness (QED) is 0.726. The molecular formula is C25H31N3O. The summed E-state index contributed by atoms with van der Waals surface area (Å²) < 4.78 is 0. The third-order valence-corrected chi connectivity index (χ3v) is 6.33. The first-order chi connectivity index (χ1) is 13.9. The number of aryl methyl sites for hydroxylation is 2. The third kappa shape index (κ3) is 3.95. The van der Waals surface area contributed by atoms with Gasteiger partial charge in [0.05, 0.1) is 0 Å². The van der Waals surface area contributed by atoms with E-state index in [4.69, 9.17) is 0 Å². The fraction of sp³-hybridized carbons (Fsp3) is 0.400. The van der Waals surface area contributed by atoms with E-state index in [2.05, 4.69) is 55.8 Å². The van der Waals surface area contributed by atoms with E-state index in [0.29, 0.717) is 0 Å². The summed E-state index contributed by atoms with van der Waals surface area (Å²) in [5.41, 5.74) is 6.95. The summed E-state index contributed by atoms with van der Waals surface area (Å²) >= 11 is 0. The molecule has 0 saturated carbocycles. The van der Waals surface area contributed by atoms with E-state index in [1.165, 1.54) is 22.3 Å². The van der Waals surface area contributed by atoms with Gasteiger partial charge in [-0.25, -0.2) is 4.79 Å². The number of nitrogens with zero attached hydrogens (tertiary/aromatic N) is 2. The molecule has 4 rings (SSSR count). The van der Waals surface area contributed by atoms with E-state index in [-0.39, 0.29) is 11.4 Å². The normalized spacial score (nSPS) is 18.0. The van der Waals surface area contributed by atoms with Crippen LogP contribution in [0.1, 0.15) is 36.5 Å². The first-order valence-corrected chi connectivity index (χ1v) is 10.5. The summed E-state index contributed by atoms with van der Waals surface area (Å²) in [4.78, 5) is 17.6. The van der Waals surface area contributed by atoms with Crippen LogP contribution in [0.15, 0.2) is 54.6 Å². The van der Waals surface area contributed by atoms with Crippen molar-refractivity contribution in [2.24, 2.45) is 0 Å². The smallest absolute Gasteiger partial charge is 0.308 e. The number of carbonyl (C=O) groups excluding carboxylic acids is 1. The molecule has 2 aromatic rings. The van der Waals surface area contributed by atoms with Crippen molar-refractivity contribution >= 4 is 17.4 Å². The lowest BCUT2D eigenvalue weighted by atomic mass is 9.74. The average molecular weight is 390 g/mol. The zero-order valence-corrected chi connectivity index (χ0v) is 17.8. The Morgan fingerprint density at radius 1 is 1.07 bits per heavy atom. The largest absolute Gasteiger partial charge is 0.326 e. The molecule has 4 nitrogen and oxygen atoms in total. The maximum Gasteiger partial charge on any atom is 0.326 e. The van der Waals surface area contributed by atoms with Gasteiger partial charge in [0.15, 0.2) is 0 Å². The highest BCUT2D eigenvalue weighted by Crippen LogP contribution is 2.47. The number of likely N-dealkylation sites (tertiary alicyclic amines) is 1. The molecule has 2 heterocycles. The maximum absolute atomic E-state index is 13.2. The molecule has 1 saturated heterocycles. The van der Waals surface area contributed by atoms with Crippen LogP contribution in [0.3, 0.4) is 0 Å². The number of hydrogen-bond donors (Lipinski definition) is 1. The van der Waals surface area contributed by atoms with E-state index >= 15 is 0 Å². The highest BCUT2D eigenvalue weighted by molar-refractivity contribution is 6.03. The Labute approximate surface area is 174 Å². The van der Waals surface area contributed by atoms with Gasteiger partial charge >= 0.3 is 6.03 Å². The van der Waals surface area contributed by atoms with Crippen molar-refractivity contribution < 1.29 is 4.79 Å². The number of hydrogen-bond acceptors (Lipinski definition) is 2. The van der Waals surface area contributed by atoms with Crippen molar-refractivity contribution in [2.45, 2.75) is 39.0 Å². The molecule has 2 amide bonds. The molecule has 0 unspecified atom stereocenters. The van der Waals surface area contributed by atoms with Gasteiger partial charge in [-0.3, -0.25) is 9.80 Å². The van der Waals surface area contributed by atoms with E-state index < -0.39 is 0 Å². The molecule has 0 atom stereocenters. The molecule has 0 aliphatic carbocycles. The second-order valence-corrected chi connectivity index (χ2v) is 8.92. The summed E-state index contributed by atoms with van der Waals surface area (Å²) in [6, 6.07) is 14.5. The predicted octanol–water partition coefficient (Wildman–Crippen LogP) is 5.27. The van der Waals surface area contributed by atoms with Crippen molar-refractivity contribution in [1.29, 1.82) is 0 Å². The van der Waals surface area contributed by atoms with Gasteiger partial charge in [0.1, 0.15) is 0 Å². The van der Waals surface area contributed by atoms with Crippen molar-refractivity contribution in [3.05, 3.63) is 71.3 Å². The van der Waals surface area contributed by atoms with Crippen molar-refractivity contribution in [3.8, 4) is 0 Å². The molecule has 2 aliphatic rings. The predicted molar refractivity (Wildman–Crippen MR) is 121 cm³/mol. The molecule has 1 spiro atoms. The standard InChI is InChI=1S/C25H31N3O/c1-18(2)16-27-13-11-25(12-14-27)17-28(23-10-7-20(4)15-22(23)25)24(29)26-21-8-5-19(3)6-9-21/h5-10,15H,1,11-14,16-17H2,2-4H3,(H,26,29). The third-order valence-electron chi connectivity index (χ3n) is 6.33. The number of piperidine rings is 1. The van der Waals surface area contributed by atoms with Gasteiger partial charge in [0.2, 0.25) is 0 Å². The zero-order valence-electron chi connectivity index (χ0n) is 17.8. The number of urea groups is 1. The molecule has 1 fully saturated rings. The SMILES string of the molecule is C=C(C)CN1CCC2(CC1)CN(C(=O)Nc1ccc(C)cc1)c1ccc(C)cc12. The van der Waals surface area contributed by atoms with Crippen LogP contribution in [0.5, 0.6) is 0 Å². The van der Waals surface area contributed by atoms with Crippen LogP contribution in [0.25, 0.3) is 0 Å². The van der Waals surface area contributed by atoms with Crippen LogP contribution in [0.4, 0.5) is 16.2 Å². The van der Waals surface area contributed by atoms with Crippen LogP contribution < -0.4 is 10.2 Å². The Balaban J connectivity index is 1.57. The van der Waals surface area contributed by atoms with Gasteiger partial charge in [-0.15, -0.1) is 0 Å². The first kappa shape index (κ1) is 19.7. The summed E-state index contributed by atoms with van der Waals surface area (Å²) in [6.07, 6.45) is 2.15. The van der Waals surface area contributed by atoms with Crippen molar-refractivity contribution in [2.75, 3.05) is 36.4 Å². The Morgan fingerprint density at radius 3 is 2.38 bits per heavy atom. The monoisotopic (exact) mass is 389 g/mol. The molecule has 0 aromatic heterocycles.